The fraction of sp³-hybridized carbons (Fsp3) is 1.00. The molecule has 0 aromatic heterocycles. The number of hydrogen-bond donors (Lipinski definition) is 0. The molecule has 0 amide bonds. The maximum atomic E-state index is 10.5. The minimum atomic E-state index is -4.00. The first kappa shape index (κ1) is 19.2. The van der Waals surface area contributed by atoms with Gasteiger partial charge in [0.25, 0.3) is 0 Å². The average Bonchev–Trinajstić information content (AvgIpc) is 2.34. The first-order valence-corrected chi connectivity index (χ1v) is 9.41. The van der Waals surface area contributed by atoms with Crippen LogP contribution in [0.15, 0.2) is 0 Å². The topological polar surface area (TPSA) is 49.4 Å². The number of unbranched alkanes of at least 4 members (excludes halogenated alkanes) is 11. The maximum Gasteiger partial charge on any atom is 0.181 e. The highest BCUT2D eigenvalue weighted by molar-refractivity contribution is 7.77. The summed E-state index contributed by atoms with van der Waals surface area (Å²) in [5.41, 5.74) is 0. The zero-order chi connectivity index (χ0) is 14.4. The third-order valence-corrected chi connectivity index (χ3v) is 3.81. The van der Waals surface area contributed by atoms with Gasteiger partial charge in [-0.3, -0.25) is 0 Å². The van der Waals surface area contributed by atoms with Gasteiger partial charge in [-0.15, -0.1) is 0 Å². The molecule has 3 nitrogen and oxygen atoms in total. The van der Waals surface area contributed by atoms with Crippen molar-refractivity contribution in [3.8, 4) is 0 Å². The molecule has 0 heterocycles. The summed E-state index contributed by atoms with van der Waals surface area (Å²) < 4.78 is 15.0. The predicted molar refractivity (Wildman–Crippen MR) is 80.4 cm³/mol. The van der Waals surface area contributed by atoms with Crippen molar-refractivity contribution < 1.29 is 14.0 Å². The second kappa shape index (κ2) is 13.2. The van der Waals surface area contributed by atoms with E-state index in [1.165, 1.54) is 57.8 Å². The van der Waals surface area contributed by atoms with Crippen molar-refractivity contribution in [2.75, 3.05) is 6.61 Å². The maximum absolute atomic E-state index is 10.5. The van der Waals surface area contributed by atoms with Crippen LogP contribution in [0.3, 0.4) is 0 Å². The third-order valence-electron chi connectivity index (χ3n) is 3.27. The molecule has 0 saturated heterocycles. The van der Waals surface area contributed by atoms with E-state index in [4.69, 9.17) is 7.57 Å². The molecule has 0 spiro atoms. The summed E-state index contributed by atoms with van der Waals surface area (Å²) >= 11 is 0. The van der Waals surface area contributed by atoms with Crippen LogP contribution < -0.4 is 4.89 Å². The monoisotopic (exact) mass is 287 g/mol. The Bertz CT molecular complexity index is 231. The van der Waals surface area contributed by atoms with E-state index < -0.39 is 7.47 Å². The minimum Gasteiger partial charge on any atom is -0.787 e. The van der Waals surface area contributed by atoms with Crippen LogP contribution in [0.4, 0.5) is 0 Å². The predicted octanol–water partition coefficient (Wildman–Crippen LogP) is 4.34. The van der Waals surface area contributed by atoms with Gasteiger partial charge in [-0.25, -0.2) is 0 Å². The second-order valence-corrected chi connectivity index (χ2v) is 6.60. The summed E-state index contributed by atoms with van der Waals surface area (Å²) in [6.07, 6.45) is 15.0. The van der Waals surface area contributed by atoms with E-state index in [0.717, 1.165) is 19.3 Å². The lowest BCUT2D eigenvalue weighted by Crippen LogP contribution is -2.04. The highest BCUT2D eigenvalue weighted by Crippen LogP contribution is 2.29. The molecule has 0 saturated carbocycles. The van der Waals surface area contributed by atoms with E-state index in [9.17, 15) is 9.46 Å². The quantitative estimate of drug-likeness (QED) is 0.271. The SMILES string of the molecule is [B]P(=O)([O-])OCCCCCCCCCCCCCC. The fourth-order valence-electron chi connectivity index (χ4n) is 2.13. The zero-order valence-electron chi connectivity index (χ0n) is 12.4. The van der Waals surface area contributed by atoms with Gasteiger partial charge in [0.15, 0.2) is 7.57 Å². The normalized spacial score (nSPS) is 14.4. The lowest BCUT2D eigenvalue weighted by atomic mass is 10.1. The largest absolute Gasteiger partial charge is 0.787 e. The molecule has 0 bridgehead atoms. The molecule has 0 aliphatic rings. The lowest BCUT2D eigenvalue weighted by Gasteiger charge is -2.18. The fourth-order valence-corrected chi connectivity index (χ4v) is 2.52. The number of hydrogen-bond acceptors (Lipinski definition) is 3. The molecule has 112 valence electrons. The van der Waals surface area contributed by atoms with Gasteiger partial charge in [0.05, 0.1) is 14.1 Å². The Kier molecular flexibility index (Phi) is 13.4. The Morgan fingerprint density at radius 1 is 0.842 bits per heavy atom. The zero-order valence-corrected chi connectivity index (χ0v) is 13.3. The van der Waals surface area contributed by atoms with Crippen molar-refractivity contribution in [1.29, 1.82) is 0 Å². The Hall–Kier alpha value is 0.215. The molecule has 19 heavy (non-hydrogen) atoms. The summed E-state index contributed by atoms with van der Waals surface area (Å²) in [4.78, 5) is 10.5. The lowest BCUT2D eigenvalue weighted by molar-refractivity contribution is -0.190. The van der Waals surface area contributed by atoms with Gasteiger partial charge in [0.1, 0.15) is 0 Å². The van der Waals surface area contributed by atoms with Crippen LogP contribution in [0.1, 0.15) is 84.0 Å². The van der Waals surface area contributed by atoms with E-state index in [1.807, 2.05) is 0 Å². The van der Waals surface area contributed by atoms with Gasteiger partial charge >= 0.3 is 0 Å². The van der Waals surface area contributed by atoms with Crippen LogP contribution in [0.5, 0.6) is 0 Å². The van der Waals surface area contributed by atoms with Gasteiger partial charge < -0.3 is 14.0 Å². The molecule has 0 aliphatic heterocycles. The molecule has 0 aromatic carbocycles. The van der Waals surface area contributed by atoms with Crippen molar-refractivity contribution in [2.24, 2.45) is 0 Å². The van der Waals surface area contributed by atoms with Crippen LogP contribution in [0.2, 0.25) is 0 Å². The van der Waals surface area contributed by atoms with Gasteiger partial charge in [-0.2, -0.15) is 0 Å². The Morgan fingerprint density at radius 3 is 1.58 bits per heavy atom. The Morgan fingerprint density at radius 2 is 1.21 bits per heavy atom. The molecule has 1 unspecified atom stereocenters. The van der Waals surface area contributed by atoms with E-state index in [-0.39, 0.29) is 6.61 Å². The smallest absolute Gasteiger partial charge is 0.181 e. The first-order valence-electron chi connectivity index (χ1n) is 7.80. The van der Waals surface area contributed by atoms with Gasteiger partial charge in [-0.05, 0) is 6.42 Å². The van der Waals surface area contributed by atoms with Crippen molar-refractivity contribution >= 4 is 15.0 Å². The molecule has 2 radical (unpaired) electrons. The average molecular weight is 287 g/mol. The minimum absolute atomic E-state index is 0.231. The molecule has 0 N–H and O–H groups in total. The standard InChI is InChI=1S/C14H30BO3P/c1-2-3-4-5-6-7-8-9-10-11-12-13-14-18-19(15,16)17/h2-14H2,1H3,(H,16,17)/p-1. The van der Waals surface area contributed by atoms with E-state index >= 15 is 0 Å². The summed E-state index contributed by atoms with van der Waals surface area (Å²) in [5, 5.41) is 0. The highest BCUT2D eigenvalue weighted by Gasteiger charge is 1.98. The molecular weight excluding hydrogens is 258 g/mol. The van der Waals surface area contributed by atoms with E-state index in [1.54, 1.807) is 0 Å². The molecule has 0 aliphatic carbocycles. The van der Waals surface area contributed by atoms with Crippen LogP contribution in [-0.4, -0.2) is 14.2 Å². The van der Waals surface area contributed by atoms with Gasteiger partial charge in [0.2, 0.25) is 0 Å². The van der Waals surface area contributed by atoms with Crippen LogP contribution >= 0.6 is 7.47 Å². The summed E-state index contributed by atoms with van der Waals surface area (Å²) in [6, 6.07) is 0. The van der Waals surface area contributed by atoms with Gasteiger partial charge in [-0.1, -0.05) is 77.6 Å². The summed E-state index contributed by atoms with van der Waals surface area (Å²) in [7, 11) is 0.754. The van der Waals surface area contributed by atoms with E-state index in [0.29, 0.717) is 0 Å². The molecule has 0 rings (SSSR count). The molecule has 0 aromatic rings. The van der Waals surface area contributed by atoms with Crippen molar-refractivity contribution in [3.05, 3.63) is 0 Å². The summed E-state index contributed by atoms with van der Waals surface area (Å²) in [5.74, 6) is 0. The first-order chi connectivity index (χ1) is 9.06. The Balaban J connectivity index is 3.01. The van der Waals surface area contributed by atoms with Crippen LogP contribution in [0.25, 0.3) is 0 Å². The molecular formula is C14H29BO3P-. The summed E-state index contributed by atoms with van der Waals surface area (Å²) in [6.45, 7) is 2.48. The Labute approximate surface area is 120 Å². The van der Waals surface area contributed by atoms with Crippen LogP contribution in [0, 0.1) is 0 Å². The van der Waals surface area contributed by atoms with Crippen LogP contribution in [-0.2, 0) is 9.09 Å². The van der Waals surface area contributed by atoms with Gasteiger partial charge in [0, 0.05) is 0 Å². The van der Waals surface area contributed by atoms with Crippen molar-refractivity contribution in [2.45, 2.75) is 84.0 Å². The van der Waals surface area contributed by atoms with Crippen molar-refractivity contribution in [1.82, 2.24) is 0 Å². The molecule has 1 atom stereocenters. The third kappa shape index (κ3) is 18.2. The second-order valence-electron chi connectivity index (χ2n) is 5.26. The molecule has 5 heteroatoms. The number of rotatable bonds is 14. The molecule has 0 fully saturated rings. The highest BCUT2D eigenvalue weighted by atomic mass is 31.2. The van der Waals surface area contributed by atoms with Crippen molar-refractivity contribution in [3.63, 3.8) is 0 Å². The van der Waals surface area contributed by atoms with E-state index in [2.05, 4.69) is 11.4 Å².